The fraction of sp³-hybridized carbons (Fsp3) is 0.0909. The van der Waals surface area contributed by atoms with Gasteiger partial charge in [0, 0.05) is 17.2 Å². The Morgan fingerprint density at radius 1 is 1.31 bits per heavy atom. The van der Waals surface area contributed by atoms with E-state index in [4.69, 9.17) is 22.1 Å². The van der Waals surface area contributed by atoms with E-state index in [1.165, 1.54) is 0 Å². The van der Waals surface area contributed by atoms with Crippen LogP contribution in [0.1, 0.15) is 5.56 Å². The number of nitrogens with zero attached hydrogens (tertiary/aromatic N) is 2. The van der Waals surface area contributed by atoms with Crippen molar-refractivity contribution in [3.8, 4) is 11.6 Å². The molecule has 1 aromatic heterocycles. The van der Waals surface area contributed by atoms with Crippen LogP contribution in [0, 0.1) is 6.92 Å². The molecule has 0 radical (unpaired) electrons. The summed E-state index contributed by atoms with van der Waals surface area (Å²) in [5, 5.41) is 8.18. The molecule has 0 bridgehead atoms. The number of ether oxygens (including phenoxy) is 1. The van der Waals surface area contributed by atoms with Crippen molar-refractivity contribution in [1.29, 1.82) is 0 Å². The number of hydrogen-bond acceptors (Lipinski definition) is 4. The molecule has 82 valence electrons. The van der Waals surface area contributed by atoms with E-state index in [2.05, 4.69) is 10.2 Å². The van der Waals surface area contributed by atoms with Gasteiger partial charge in [0.2, 0.25) is 5.88 Å². The zero-order chi connectivity index (χ0) is 11.5. The summed E-state index contributed by atoms with van der Waals surface area (Å²) in [6.07, 6.45) is 1.65. The number of nitrogens with two attached hydrogens (primary N) is 1. The maximum Gasteiger partial charge on any atom is 0.239 e. The Labute approximate surface area is 98.0 Å². The predicted molar refractivity (Wildman–Crippen MR) is 62.7 cm³/mol. The molecule has 4 nitrogen and oxygen atoms in total. The van der Waals surface area contributed by atoms with Crippen LogP contribution in [0.3, 0.4) is 0 Å². The van der Waals surface area contributed by atoms with Crippen LogP contribution in [0.4, 0.5) is 5.69 Å². The van der Waals surface area contributed by atoms with Crippen molar-refractivity contribution in [3.63, 3.8) is 0 Å². The monoisotopic (exact) mass is 235 g/mol. The van der Waals surface area contributed by atoms with Crippen molar-refractivity contribution in [1.82, 2.24) is 10.2 Å². The summed E-state index contributed by atoms with van der Waals surface area (Å²) in [6, 6.07) is 6.79. The molecule has 0 spiro atoms. The van der Waals surface area contributed by atoms with Crippen LogP contribution in [0.2, 0.25) is 5.02 Å². The maximum absolute atomic E-state index is 5.84. The Bertz CT molecular complexity index is 516. The van der Waals surface area contributed by atoms with E-state index in [-0.39, 0.29) is 0 Å². The van der Waals surface area contributed by atoms with Gasteiger partial charge < -0.3 is 10.5 Å². The van der Waals surface area contributed by atoms with Crippen molar-refractivity contribution in [2.24, 2.45) is 0 Å². The van der Waals surface area contributed by atoms with E-state index in [1.54, 1.807) is 30.5 Å². The summed E-state index contributed by atoms with van der Waals surface area (Å²) < 4.78 is 5.49. The van der Waals surface area contributed by atoms with Gasteiger partial charge in [0.15, 0.2) is 5.75 Å². The molecule has 2 N–H and O–H groups in total. The number of rotatable bonds is 2. The highest BCUT2D eigenvalue weighted by atomic mass is 35.5. The molecule has 0 aliphatic rings. The zero-order valence-corrected chi connectivity index (χ0v) is 9.40. The van der Waals surface area contributed by atoms with Crippen LogP contribution in [-0.4, -0.2) is 10.2 Å². The molecule has 0 saturated carbocycles. The summed E-state index contributed by atoms with van der Waals surface area (Å²) in [4.78, 5) is 0. The van der Waals surface area contributed by atoms with Gasteiger partial charge in [-0.25, -0.2) is 0 Å². The van der Waals surface area contributed by atoms with Crippen molar-refractivity contribution in [3.05, 3.63) is 41.0 Å². The van der Waals surface area contributed by atoms with Crippen LogP contribution >= 0.6 is 11.6 Å². The lowest BCUT2D eigenvalue weighted by Gasteiger charge is -2.07. The summed E-state index contributed by atoms with van der Waals surface area (Å²) in [6.45, 7) is 1.91. The third-order valence-electron chi connectivity index (χ3n) is 1.96. The molecule has 0 aliphatic heterocycles. The lowest BCUT2D eigenvalue weighted by atomic mass is 10.3. The number of anilines is 1. The molecule has 0 saturated heterocycles. The van der Waals surface area contributed by atoms with E-state index in [0.717, 1.165) is 5.56 Å². The molecular weight excluding hydrogens is 226 g/mol. The van der Waals surface area contributed by atoms with E-state index in [1.807, 2.05) is 6.92 Å². The molecule has 16 heavy (non-hydrogen) atoms. The molecule has 0 amide bonds. The normalized spacial score (nSPS) is 10.1. The highest BCUT2D eigenvalue weighted by molar-refractivity contribution is 6.30. The summed E-state index contributed by atoms with van der Waals surface area (Å²) in [5.74, 6) is 0.876. The van der Waals surface area contributed by atoms with Crippen molar-refractivity contribution in [2.75, 3.05) is 5.73 Å². The summed E-state index contributed by atoms with van der Waals surface area (Å²) in [5.41, 5.74) is 7.21. The smallest absolute Gasteiger partial charge is 0.239 e. The molecule has 0 atom stereocenters. The van der Waals surface area contributed by atoms with E-state index >= 15 is 0 Å². The van der Waals surface area contributed by atoms with Gasteiger partial charge in [0.1, 0.15) is 0 Å². The van der Waals surface area contributed by atoms with Gasteiger partial charge in [0.05, 0.1) is 11.9 Å². The number of aromatic nitrogens is 2. The Hall–Kier alpha value is -1.81. The first kappa shape index (κ1) is 10.7. The number of nitrogen functional groups attached to an aromatic ring is 1. The van der Waals surface area contributed by atoms with Crippen LogP contribution in [-0.2, 0) is 0 Å². The molecule has 0 unspecified atom stereocenters. The molecule has 0 aliphatic carbocycles. The zero-order valence-electron chi connectivity index (χ0n) is 8.64. The Morgan fingerprint density at radius 2 is 2.12 bits per heavy atom. The fourth-order valence-electron chi connectivity index (χ4n) is 1.20. The van der Waals surface area contributed by atoms with E-state index in [0.29, 0.717) is 22.3 Å². The van der Waals surface area contributed by atoms with Crippen LogP contribution < -0.4 is 10.5 Å². The van der Waals surface area contributed by atoms with Gasteiger partial charge in [-0.1, -0.05) is 11.6 Å². The molecular formula is C11H10ClN3O. The van der Waals surface area contributed by atoms with Crippen molar-refractivity contribution < 1.29 is 4.74 Å². The molecule has 5 heteroatoms. The average molecular weight is 236 g/mol. The molecule has 2 rings (SSSR count). The van der Waals surface area contributed by atoms with Gasteiger partial charge in [-0.15, -0.1) is 5.10 Å². The first-order valence-corrected chi connectivity index (χ1v) is 5.05. The quantitative estimate of drug-likeness (QED) is 0.813. The Balaban J connectivity index is 2.30. The van der Waals surface area contributed by atoms with Gasteiger partial charge in [0.25, 0.3) is 0 Å². The Kier molecular flexibility index (Phi) is 2.92. The van der Waals surface area contributed by atoms with Crippen LogP contribution in [0.25, 0.3) is 0 Å². The summed E-state index contributed by atoms with van der Waals surface area (Å²) in [7, 11) is 0. The lowest BCUT2D eigenvalue weighted by molar-refractivity contribution is 0.457. The average Bonchev–Trinajstić information content (AvgIpc) is 2.24. The number of benzene rings is 1. The van der Waals surface area contributed by atoms with Gasteiger partial charge in [-0.2, -0.15) is 5.10 Å². The third kappa shape index (κ3) is 2.41. The van der Waals surface area contributed by atoms with Gasteiger partial charge in [-0.3, -0.25) is 0 Å². The largest absolute Gasteiger partial charge is 0.435 e. The van der Waals surface area contributed by atoms with Crippen molar-refractivity contribution >= 4 is 17.3 Å². The number of aryl methyl sites for hydroxylation is 1. The minimum absolute atomic E-state index is 0.397. The number of halogens is 1. The Morgan fingerprint density at radius 3 is 2.88 bits per heavy atom. The first-order valence-electron chi connectivity index (χ1n) is 4.67. The topological polar surface area (TPSA) is 61.0 Å². The molecule has 1 heterocycles. The van der Waals surface area contributed by atoms with Crippen LogP contribution in [0.5, 0.6) is 11.6 Å². The molecule has 2 aromatic rings. The van der Waals surface area contributed by atoms with E-state index in [9.17, 15) is 0 Å². The van der Waals surface area contributed by atoms with Crippen molar-refractivity contribution in [2.45, 2.75) is 6.92 Å². The highest BCUT2D eigenvalue weighted by Gasteiger charge is 2.04. The van der Waals surface area contributed by atoms with E-state index < -0.39 is 0 Å². The highest BCUT2D eigenvalue weighted by Crippen LogP contribution is 2.29. The fourth-order valence-corrected chi connectivity index (χ4v) is 1.36. The lowest BCUT2D eigenvalue weighted by Crippen LogP contribution is -1.95. The standard InChI is InChI=1S/C11H10ClN3O/c1-7-4-11(15-14-6-7)16-10-5-8(12)2-3-9(10)13/h2-6H,13H2,1H3. The number of hydrogen-bond donors (Lipinski definition) is 1. The van der Waals surface area contributed by atoms with Crippen LogP contribution in [0.15, 0.2) is 30.5 Å². The minimum Gasteiger partial charge on any atom is -0.435 e. The second-order valence-electron chi connectivity index (χ2n) is 3.36. The minimum atomic E-state index is 0.397. The third-order valence-corrected chi connectivity index (χ3v) is 2.19. The molecule has 1 aromatic carbocycles. The van der Waals surface area contributed by atoms with Gasteiger partial charge >= 0.3 is 0 Å². The summed E-state index contributed by atoms with van der Waals surface area (Å²) >= 11 is 5.84. The molecule has 0 fully saturated rings. The first-order chi connectivity index (χ1) is 7.65. The maximum atomic E-state index is 5.84. The predicted octanol–water partition coefficient (Wildman–Crippen LogP) is 2.81. The SMILES string of the molecule is Cc1cnnc(Oc2cc(Cl)ccc2N)c1. The van der Waals surface area contributed by atoms with Gasteiger partial charge in [-0.05, 0) is 24.6 Å². The second kappa shape index (κ2) is 4.37. The second-order valence-corrected chi connectivity index (χ2v) is 3.79.